The van der Waals surface area contributed by atoms with Crippen molar-refractivity contribution in [1.29, 1.82) is 0 Å². The number of carbonyl (C=O) groups excluding carboxylic acids is 1. The first-order valence-electron chi connectivity index (χ1n) is 3.88. The van der Waals surface area contributed by atoms with Crippen LogP contribution >= 0.6 is 11.6 Å². The molecule has 0 aliphatic carbocycles. The van der Waals surface area contributed by atoms with Gasteiger partial charge in [-0.2, -0.15) is 0 Å². The third-order valence-corrected chi connectivity index (χ3v) is 1.63. The fraction of sp³-hybridized carbons (Fsp3) is 0.222. The molecule has 0 saturated heterocycles. The number of hydrogen-bond acceptors (Lipinski definition) is 2. The second-order valence-corrected chi connectivity index (χ2v) is 2.81. The molecule has 0 aliphatic rings. The summed E-state index contributed by atoms with van der Waals surface area (Å²) in [6, 6.07) is 7.12. The highest BCUT2D eigenvalue weighted by atomic mass is 35.5. The van der Waals surface area contributed by atoms with Crippen LogP contribution in [0.5, 0.6) is 5.75 Å². The van der Waals surface area contributed by atoms with E-state index in [-0.39, 0.29) is 0 Å². The lowest BCUT2D eigenvalue weighted by atomic mass is 10.3. The van der Waals surface area contributed by atoms with Gasteiger partial charge in [0.05, 0.1) is 6.54 Å². The van der Waals surface area contributed by atoms with E-state index >= 15 is 0 Å². The Kier molecular flexibility index (Phi) is 4.12. The molecule has 0 radical (unpaired) electrons. The van der Waals surface area contributed by atoms with Crippen LogP contribution in [0.15, 0.2) is 24.3 Å². The minimum absolute atomic E-state index is 0.444. The predicted molar refractivity (Wildman–Crippen MR) is 51.0 cm³/mol. The molecule has 1 aromatic rings. The van der Waals surface area contributed by atoms with Crippen molar-refractivity contribution in [3.05, 3.63) is 29.3 Å². The molecular weight excluding hydrogens is 190 g/mol. The molecule has 0 saturated carbocycles. The van der Waals surface area contributed by atoms with E-state index < -0.39 is 0 Å². The number of rotatable bonds is 5. The van der Waals surface area contributed by atoms with E-state index in [1.165, 1.54) is 0 Å². The summed E-state index contributed by atoms with van der Waals surface area (Å²) in [5.74, 6) is 0.709. The fourth-order valence-electron chi connectivity index (χ4n) is 0.844. The number of nitrogens with one attached hydrogen (secondary N) is 1. The Hall–Kier alpha value is -1.22. The molecule has 0 fully saturated rings. The molecule has 0 heterocycles. The third-order valence-electron chi connectivity index (χ3n) is 1.39. The Bertz CT molecular complexity index is 278. The molecule has 1 aromatic carbocycles. The minimum atomic E-state index is 0.444. The topological polar surface area (TPSA) is 38.3 Å². The summed E-state index contributed by atoms with van der Waals surface area (Å²) in [6.45, 7) is 0.940. The van der Waals surface area contributed by atoms with Crippen LogP contribution in [0.3, 0.4) is 0 Å². The van der Waals surface area contributed by atoms with Crippen LogP contribution in [-0.4, -0.2) is 19.6 Å². The van der Waals surface area contributed by atoms with Crippen LogP contribution in [0.1, 0.15) is 0 Å². The van der Waals surface area contributed by atoms with E-state index in [4.69, 9.17) is 16.3 Å². The third kappa shape index (κ3) is 3.80. The number of halogens is 1. The van der Waals surface area contributed by atoms with Gasteiger partial charge in [-0.25, -0.2) is 0 Å². The molecular formula is C9H10ClNO2. The highest BCUT2D eigenvalue weighted by Gasteiger charge is 1.93. The Labute approximate surface area is 81.7 Å². The van der Waals surface area contributed by atoms with Crippen molar-refractivity contribution in [2.24, 2.45) is 0 Å². The van der Waals surface area contributed by atoms with Crippen molar-refractivity contribution in [2.75, 3.05) is 13.2 Å². The first kappa shape index (κ1) is 9.86. The van der Waals surface area contributed by atoms with Crippen molar-refractivity contribution in [3.8, 4) is 5.75 Å². The number of benzene rings is 1. The van der Waals surface area contributed by atoms with Gasteiger partial charge in [-0.1, -0.05) is 17.7 Å². The first-order valence-corrected chi connectivity index (χ1v) is 4.26. The van der Waals surface area contributed by atoms with Crippen molar-refractivity contribution in [1.82, 2.24) is 5.32 Å². The average molecular weight is 200 g/mol. The summed E-state index contributed by atoms with van der Waals surface area (Å²) in [5.41, 5.74) is 0. The van der Waals surface area contributed by atoms with Gasteiger partial charge < -0.3 is 10.1 Å². The summed E-state index contributed by atoms with van der Waals surface area (Å²) in [6.07, 6.45) is 0.640. The molecule has 4 heteroatoms. The lowest BCUT2D eigenvalue weighted by molar-refractivity contribution is -0.109. The minimum Gasteiger partial charge on any atom is -0.492 e. The van der Waals surface area contributed by atoms with Gasteiger partial charge in [0.1, 0.15) is 12.4 Å². The molecule has 0 unspecified atom stereocenters. The van der Waals surface area contributed by atoms with Gasteiger partial charge in [-0.3, -0.25) is 4.79 Å². The second-order valence-electron chi connectivity index (χ2n) is 2.38. The number of hydrogen-bond donors (Lipinski definition) is 1. The lowest BCUT2D eigenvalue weighted by Crippen LogP contribution is -2.18. The maximum Gasteiger partial charge on any atom is 0.207 e. The fourth-order valence-corrected chi connectivity index (χ4v) is 1.02. The van der Waals surface area contributed by atoms with E-state index in [1.54, 1.807) is 12.1 Å². The Balaban J connectivity index is 2.32. The van der Waals surface area contributed by atoms with Crippen molar-refractivity contribution in [3.63, 3.8) is 0 Å². The van der Waals surface area contributed by atoms with Crippen LogP contribution in [0.25, 0.3) is 0 Å². The molecule has 13 heavy (non-hydrogen) atoms. The molecule has 0 bridgehead atoms. The predicted octanol–water partition coefficient (Wildman–Crippen LogP) is 1.46. The molecule has 1 N–H and O–H groups in total. The first-order chi connectivity index (χ1) is 6.33. The zero-order chi connectivity index (χ0) is 9.52. The molecule has 70 valence electrons. The van der Waals surface area contributed by atoms with Gasteiger partial charge in [0, 0.05) is 5.02 Å². The van der Waals surface area contributed by atoms with E-state index in [0.717, 1.165) is 0 Å². The summed E-state index contributed by atoms with van der Waals surface area (Å²) in [4.78, 5) is 9.88. The normalized spacial score (nSPS) is 9.31. The van der Waals surface area contributed by atoms with Crippen LogP contribution in [0.2, 0.25) is 5.02 Å². The Morgan fingerprint density at radius 1 is 1.54 bits per heavy atom. The maximum atomic E-state index is 9.88. The number of carbonyl (C=O) groups is 1. The number of amides is 1. The molecule has 1 amide bonds. The van der Waals surface area contributed by atoms with Crippen molar-refractivity contribution in [2.45, 2.75) is 0 Å². The molecule has 0 atom stereocenters. The molecule has 1 rings (SSSR count). The molecule has 0 aliphatic heterocycles. The van der Waals surface area contributed by atoms with Gasteiger partial charge in [-0.15, -0.1) is 0 Å². The highest BCUT2D eigenvalue weighted by Crippen LogP contribution is 2.16. The zero-order valence-corrected chi connectivity index (χ0v) is 7.75. The molecule has 0 spiro atoms. The highest BCUT2D eigenvalue weighted by molar-refractivity contribution is 6.30. The summed E-state index contributed by atoms with van der Waals surface area (Å²) < 4.78 is 5.28. The van der Waals surface area contributed by atoms with Gasteiger partial charge in [-0.05, 0) is 18.2 Å². The van der Waals surface area contributed by atoms with Gasteiger partial charge in [0.25, 0.3) is 0 Å². The molecule has 0 aromatic heterocycles. The van der Waals surface area contributed by atoms with Crippen molar-refractivity contribution >= 4 is 18.0 Å². The van der Waals surface area contributed by atoms with Crippen LogP contribution in [0, 0.1) is 0 Å². The maximum absolute atomic E-state index is 9.88. The van der Waals surface area contributed by atoms with Gasteiger partial charge in [0.2, 0.25) is 6.41 Å². The quantitative estimate of drug-likeness (QED) is 0.576. The SMILES string of the molecule is O=CNCCOc1cccc(Cl)c1. The molecule has 3 nitrogen and oxygen atoms in total. The van der Waals surface area contributed by atoms with E-state index in [9.17, 15) is 4.79 Å². The van der Waals surface area contributed by atoms with Crippen LogP contribution in [-0.2, 0) is 4.79 Å². The largest absolute Gasteiger partial charge is 0.492 e. The zero-order valence-electron chi connectivity index (χ0n) is 7.00. The summed E-state index contributed by atoms with van der Waals surface area (Å²) in [7, 11) is 0. The second kappa shape index (κ2) is 5.43. The number of ether oxygens (including phenoxy) is 1. The van der Waals surface area contributed by atoms with E-state index in [0.29, 0.717) is 30.3 Å². The Morgan fingerprint density at radius 3 is 3.08 bits per heavy atom. The van der Waals surface area contributed by atoms with E-state index in [2.05, 4.69) is 5.32 Å². The summed E-state index contributed by atoms with van der Waals surface area (Å²) >= 11 is 5.73. The van der Waals surface area contributed by atoms with Crippen molar-refractivity contribution < 1.29 is 9.53 Å². The smallest absolute Gasteiger partial charge is 0.207 e. The average Bonchev–Trinajstić information content (AvgIpc) is 2.13. The van der Waals surface area contributed by atoms with Crippen LogP contribution in [0.4, 0.5) is 0 Å². The monoisotopic (exact) mass is 199 g/mol. The Morgan fingerprint density at radius 2 is 2.38 bits per heavy atom. The lowest BCUT2D eigenvalue weighted by Gasteiger charge is -2.04. The standard InChI is InChI=1S/C9H10ClNO2/c10-8-2-1-3-9(6-8)13-5-4-11-7-12/h1-3,6-7H,4-5H2,(H,11,12). The summed E-state index contributed by atoms with van der Waals surface area (Å²) in [5, 5.41) is 3.13. The van der Waals surface area contributed by atoms with Gasteiger partial charge in [0.15, 0.2) is 0 Å². The van der Waals surface area contributed by atoms with E-state index in [1.807, 2.05) is 12.1 Å². The van der Waals surface area contributed by atoms with Gasteiger partial charge >= 0.3 is 0 Å². The van der Waals surface area contributed by atoms with Crippen LogP contribution < -0.4 is 10.1 Å².